The van der Waals surface area contributed by atoms with Crippen molar-refractivity contribution in [2.24, 2.45) is 0 Å². The van der Waals surface area contributed by atoms with Crippen LogP contribution in [0.4, 0.5) is 0 Å². The van der Waals surface area contributed by atoms with Crippen molar-refractivity contribution in [3.05, 3.63) is 99.0 Å². The maximum atomic E-state index is 13.2. The fraction of sp³-hybridized carbons (Fsp3) is 0.250. The Morgan fingerprint density at radius 1 is 1.03 bits per heavy atom. The van der Waals surface area contributed by atoms with Gasteiger partial charge in [-0.2, -0.15) is 4.73 Å². The van der Waals surface area contributed by atoms with Gasteiger partial charge in [-0.25, -0.2) is 8.42 Å². The molecule has 7 heteroatoms. The number of ketones is 1. The van der Waals surface area contributed by atoms with E-state index in [1.54, 1.807) is 36.4 Å². The van der Waals surface area contributed by atoms with E-state index in [1.165, 1.54) is 31.3 Å². The van der Waals surface area contributed by atoms with Gasteiger partial charge in [0.15, 0.2) is 21.8 Å². The molecular formula is C24H24ClNO4S. The molecule has 0 saturated heterocycles. The molecule has 0 amide bonds. The summed E-state index contributed by atoms with van der Waals surface area (Å²) in [5.74, 6) is -0.804. The molecule has 0 N–H and O–H groups in total. The number of hydrogen-bond acceptors (Lipinski definition) is 4. The summed E-state index contributed by atoms with van der Waals surface area (Å²) in [6.45, 7) is 7.70. The SMILES string of the molecule is Cc1c(C(=O)c2cc(Cl)ccc2CS(=O)(=O)c2ccc(C(C)(C)C)cc2)ccc[n+]1[O-]. The lowest BCUT2D eigenvalue weighted by Crippen LogP contribution is -2.31. The van der Waals surface area contributed by atoms with Crippen LogP contribution in [-0.4, -0.2) is 14.2 Å². The average molecular weight is 458 g/mol. The van der Waals surface area contributed by atoms with Crippen LogP contribution in [0.1, 0.15) is 53.5 Å². The second-order valence-corrected chi connectivity index (χ2v) is 10.9. The highest BCUT2D eigenvalue weighted by Crippen LogP contribution is 2.27. The van der Waals surface area contributed by atoms with Gasteiger partial charge in [0.1, 0.15) is 0 Å². The Hall–Kier alpha value is -2.70. The number of pyridine rings is 1. The largest absolute Gasteiger partial charge is 0.618 e. The molecule has 0 radical (unpaired) electrons. The Morgan fingerprint density at radius 3 is 2.29 bits per heavy atom. The van der Waals surface area contributed by atoms with Gasteiger partial charge in [0.05, 0.1) is 16.2 Å². The topological polar surface area (TPSA) is 78.2 Å². The van der Waals surface area contributed by atoms with E-state index in [-0.39, 0.29) is 32.9 Å². The summed E-state index contributed by atoms with van der Waals surface area (Å²) in [7, 11) is -3.71. The molecule has 0 spiro atoms. The fourth-order valence-electron chi connectivity index (χ4n) is 3.29. The van der Waals surface area contributed by atoms with Crippen molar-refractivity contribution in [2.45, 2.75) is 43.8 Å². The first kappa shape index (κ1) is 23.0. The van der Waals surface area contributed by atoms with Gasteiger partial charge in [0, 0.05) is 23.6 Å². The standard InChI is InChI=1S/C24H24ClNO4S/c1-16-21(6-5-13-26(16)28)23(27)22-14-19(25)10-7-17(22)15-31(29,30)20-11-8-18(9-12-20)24(2,3)4/h5-14H,15H2,1-4H3. The van der Waals surface area contributed by atoms with E-state index in [1.807, 2.05) is 0 Å². The number of carbonyl (C=O) groups excluding carboxylic acids is 1. The normalized spacial score (nSPS) is 12.0. The van der Waals surface area contributed by atoms with Crippen LogP contribution >= 0.6 is 11.6 Å². The van der Waals surface area contributed by atoms with Gasteiger partial charge in [-0.3, -0.25) is 4.79 Å². The highest BCUT2D eigenvalue weighted by molar-refractivity contribution is 7.90. The molecule has 0 bridgehead atoms. The van der Waals surface area contributed by atoms with Crippen molar-refractivity contribution in [1.29, 1.82) is 0 Å². The second kappa shape index (κ2) is 8.44. The first-order valence-electron chi connectivity index (χ1n) is 9.75. The van der Waals surface area contributed by atoms with Crippen LogP contribution in [0.2, 0.25) is 5.02 Å². The zero-order valence-corrected chi connectivity index (χ0v) is 19.4. The molecule has 31 heavy (non-hydrogen) atoms. The van der Waals surface area contributed by atoms with E-state index in [0.717, 1.165) is 5.56 Å². The summed E-state index contributed by atoms with van der Waals surface area (Å²) >= 11 is 6.10. The molecule has 1 heterocycles. The van der Waals surface area contributed by atoms with E-state index < -0.39 is 15.6 Å². The number of halogens is 1. The molecule has 0 unspecified atom stereocenters. The maximum absolute atomic E-state index is 13.2. The third kappa shape index (κ3) is 4.97. The average Bonchev–Trinajstić information content (AvgIpc) is 2.70. The first-order valence-corrected chi connectivity index (χ1v) is 11.8. The lowest BCUT2D eigenvalue weighted by atomic mass is 9.87. The second-order valence-electron chi connectivity index (χ2n) is 8.50. The molecule has 0 atom stereocenters. The number of rotatable bonds is 5. The van der Waals surface area contributed by atoms with E-state index in [2.05, 4.69) is 20.8 Å². The van der Waals surface area contributed by atoms with Gasteiger partial charge in [-0.15, -0.1) is 0 Å². The van der Waals surface area contributed by atoms with E-state index in [9.17, 15) is 18.4 Å². The number of aromatic nitrogens is 1. The quantitative estimate of drug-likeness (QED) is 0.313. The van der Waals surface area contributed by atoms with Gasteiger partial charge >= 0.3 is 0 Å². The third-order valence-corrected chi connectivity index (χ3v) is 7.11. The summed E-state index contributed by atoms with van der Waals surface area (Å²) < 4.78 is 26.8. The minimum Gasteiger partial charge on any atom is -0.618 e. The molecule has 0 saturated carbocycles. The molecule has 2 aromatic carbocycles. The van der Waals surface area contributed by atoms with Crippen LogP contribution in [0.25, 0.3) is 0 Å². The van der Waals surface area contributed by atoms with Crippen LogP contribution < -0.4 is 4.73 Å². The van der Waals surface area contributed by atoms with Gasteiger partial charge < -0.3 is 5.21 Å². The Balaban J connectivity index is 2.00. The molecule has 0 aliphatic heterocycles. The first-order chi connectivity index (χ1) is 14.4. The zero-order chi connectivity index (χ0) is 23.0. The van der Waals surface area contributed by atoms with Crippen molar-refractivity contribution < 1.29 is 17.9 Å². The summed E-state index contributed by atoms with van der Waals surface area (Å²) in [6.07, 6.45) is 1.30. The van der Waals surface area contributed by atoms with Crippen LogP contribution in [0.3, 0.4) is 0 Å². The predicted octanol–water partition coefficient (Wildman–Crippen LogP) is 4.78. The molecule has 162 valence electrons. The minimum atomic E-state index is -3.71. The molecule has 0 aliphatic rings. The predicted molar refractivity (Wildman–Crippen MR) is 121 cm³/mol. The highest BCUT2D eigenvalue weighted by atomic mass is 35.5. The summed E-state index contributed by atoms with van der Waals surface area (Å²) in [5.41, 5.74) is 1.86. The number of benzene rings is 2. The zero-order valence-electron chi connectivity index (χ0n) is 17.8. The van der Waals surface area contributed by atoms with Crippen LogP contribution in [0, 0.1) is 12.1 Å². The number of sulfone groups is 1. The maximum Gasteiger partial charge on any atom is 0.200 e. The van der Waals surface area contributed by atoms with E-state index in [4.69, 9.17) is 11.6 Å². The van der Waals surface area contributed by atoms with Gasteiger partial charge in [0.2, 0.25) is 5.69 Å². The van der Waals surface area contributed by atoms with Gasteiger partial charge in [-0.1, -0.05) is 50.6 Å². The van der Waals surface area contributed by atoms with Crippen molar-refractivity contribution in [1.82, 2.24) is 0 Å². The lowest BCUT2D eigenvalue weighted by Gasteiger charge is -2.19. The Labute approximate surface area is 187 Å². The molecule has 0 aliphatic carbocycles. The number of hydrogen-bond donors (Lipinski definition) is 0. The van der Waals surface area contributed by atoms with Gasteiger partial charge in [-0.05, 0) is 46.9 Å². The Kier molecular flexibility index (Phi) is 6.25. The number of nitrogens with zero attached hydrogens (tertiary/aromatic N) is 1. The third-order valence-electron chi connectivity index (χ3n) is 5.19. The van der Waals surface area contributed by atoms with Crippen LogP contribution in [0.15, 0.2) is 65.7 Å². The Morgan fingerprint density at radius 2 is 1.68 bits per heavy atom. The smallest absolute Gasteiger partial charge is 0.200 e. The van der Waals surface area contributed by atoms with Crippen LogP contribution in [-0.2, 0) is 21.0 Å². The minimum absolute atomic E-state index is 0.0932. The fourth-order valence-corrected chi connectivity index (χ4v) is 4.84. The molecule has 5 nitrogen and oxygen atoms in total. The molecule has 0 fully saturated rings. The molecule has 1 aromatic heterocycles. The highest BCUT2D eigenvalue weighted by Gasteiger charge is 2.24. The van der Waals surface area contributed by atoms with Crippen molar-refractivity contribution in [2.75, 3.05) is 0 Å². The lowest BCUT2D eigenvalue weighted by molar-refractivity contribution is -0.612. The van der Waals surface area contributed by atoms with Crippen molar-refractivity contribution >= 4 is 27.2 Å². The Bertz CT molecular complexity index is 1240. The molecule has 3 aromatic rings. The van der Waals surface area contributed by atoms with E-state index in [0.29, 0.717) is 15.3 Å². The van der Waals surface area contributed by atoms with E-state index >= 15 is 0 Å². The van der Waals surface area contributed by atoms with Crippen molar-refractivity contribution in [3.8, 4) is 0 Å². The summed E-state index contributed by atoms with van der Waals surface area (Å²) in [5, 5.41) is 12.2. The summed E-state index contributed by atoms with van der Waals surface area (Å²) in [6, 6.07) is 14.4. The number of carbonyl (C=O) groups is 1. The summed E-state index contributed by atoms with van der Waals surface area (Å²) in [4.78, 5) is 13.3. The van der Waals surface area contributed by atoms with Gasteiger partial charge in [0.25, 0.3) is 0 Å². The monoisotopic (exact) mass is 457 g/mol. The molecule has 3 rings (SSSR count). The van der Waals surface area contributed by atoms with Crippen molar-refractivity contribution in [3.63, 3.8) is 0 Å². The van der Waals surface area contributed by atoms with Crippen LogP contribution in [0.5, 0.6) is 0 Å². The molecular weight excluding hydrogens is 434 g/mol.